The zero-order valence-corrected chi connectivity index (χ0v) is 12.8. The number of aliphatic carboxylic acids is 2. The van der Waals surface area contributed by atoms with Crippen LogP contribution in [0.5, 0.6) is 0 Å². The topological polar surface area (TPSA) is 176 Å². The highest BCUT2D eigenvalue weighted by Gasteiger charge is 2.66. The molecule has 0 saturated carbocycles. The van der Waals surface area contributed by atoms with Gasteiger partial charge in [-0.05, 0) is 27.7 Å². The average molecular weight is 324 g/mol. The molecular weight excluding hydrogens is 300 g/mol. The third-order valence-electron chi connectivity index (χ3n) is 4.41. The third kappa shape index (κ3) is 2.70. The number of hydrogen-bond donors (Lipinski definition) is 7. The van der Waals surface area contributed by atoms with Crippen LogP contribution in [-0.4, -0.2) is 78.2 Å². The van der Waals surface area contributed by atoms with Gasteiger partial charge < -0.3 is 35.7 Å². The van der Waals surface area contributed by atoms with E-state index in [1.807, 2.05) is 0 Å². The normalized spacial score (nSPS) is 24.2. The summed E-state index contributed by atoms with van der Waals surface area (Å²) in [5, 5.41) is 68.6. The Balaban J connectivity index is 6.59. The summed E-state index contributed by atoms with van der Waals surface area (Å²) in [7, 11) is 0. The van der Waals surface area contributed by atoms with Crippen LogP contribution < -0.4 is 0 Å². The van der Waals surface area contributed by atoms with E-state index in [1.165, 1.54) is 0 Å². The second kappa shape index (κ2) is 6.88. The van der Waals surface area contributed by atoms with Gasteiger partial charge in [-0.2, -0.15) is 0 Å². The Hall–Kier alpha value is -1.26. The molecule has 0 amide bonds. The molecule has 9 heteroatoms. The highest BCUT2D eigenvalue weighted by atomic mass is 16.4. The molecule has 2 unspecified atom stereocenters. The zero-order valence-electron chi connectivity index (χ0n) is 12.8. The standard InChI is InChI=1S/C13H24O9/c1-5(14)12(6(2)15,10(19)20)9(18)13(7(3)16,8(4)17)11(21)22/h5-9,14-18H,1-4H3,(H,19,20)(H,21,22)/t5-,6+,7-,8+,9?,12?,13?. The fourth-order valence-electron chi connectivity index (χ4n) is 2.96. The Morgan fingerprint density at radius 3 is 0.909 bits per heavy atom. The lowest BCUT2D eigenvalue weighted by Gasteiger charge is -2.48. The smallest absolute Gasteiger partial charge is 0.317 e. The second-order valence-electron chi connectivity index (χ2n) is 5.58. The van der Waals surface area contributed by atoms with Crippen LogP contribution in [0.15, 0.2) is 0 Å². The zero-order chi connectivity index (χ0) is 18.0. The van der Waals surface area contributed by atoms with E-state index in [0.717, 1.165) is 27.7 Å². The molecule has 0 aromatic carbocycles. The maximum absolute atomic E-state index is 11.6. The van der Waals surface area contributed by atoms with E-state index in [0.29, 0.717) is 0 Å². The van der Waals surface area contributed by atoms with Crippen molar-refractivity contribution in [2.24, 2.45) is 10.8 Å². The quantitative estimate of drug-likeness (QED) is 0.266. The average Bonchev–Trinajstić information content (AvgIpc) is 2.26. The summed E-state index contributed by atoms with van der Waals surface area (Å²) in [6.07, 6.45) is -10.0. The largest absolute Gasteiger partial charge is 0.481 e. The molecule has 0 aromatic heterocycles. The van der Waals surface area contributed by atoms with Crippen molar-refractivity contribution in [1.29, 1.82) is 0 Å². The summed E-state index contributed by atoms with van der Waals surface area (Å²) in [5.74, 6) is -3.73. The van der Waals surface area contributed by atoms with Crippen molar-refractivity contribution in [2.45, 2.75) is 58.2 Å². The molecule has 0 spiro atoms. The molecule has 0 aliphatic heterocycles. The molecule has 0 bridgehead atoms. The SMILES string of the molecule is C[C@H](O)C(C(=O)O)(C(O)C(C(=O)O)([C@H](C)O)[C@@H](C)O)[C@@H](C)O. The fourth-order valence-corrected chi connectivity index (χ4v) is 2.96. The minimum Gasteiger partial charge on any atom is -0.481 e. The van der Waals surface area contributed by atoms with Gasteiger partial charge in [0.2, 0.25) is 0 Å². The van der Waals surface area contributed by atoms with Crippen LogP contribution in [0.1, 0.15) is 27.7 Å². The first-order chi connectivity index (χ1) is 9.81. The van der Waals surface area contributed by atoms with Crippen molar-refractivity contribution < 1.29 is 45.3 Å². The summed E-state index contributed by atoms with van der Waals surface area (Å²) in [6.45, 7) is 3.84. The third-order valence-corrected chi connectivity index (χ3v) is 4.41. The van der Waals surface area contributed by atoms with E-state index in [-0.39, 0.29) is 0 Å². The molecule has 0 heterocycles. The monoisotopic (exact) mass is 324 g/mol. The lowest BCUT2D eigenvalue weighted by atomic mass is 9.59. The molecule has 0 rings (SSSR count). The number of carbonyl (C=O) groups is 2. The molecule has 0 aliphatic carbocycles. The highest BCUT2D eigenvalue weighted by molar-refractivity contribution is 5.82. The van der Waals surface area contributed by atoms with Gasteiger partial charge in [-0.1, -0.05) is 0 Å². The van der Waals surface area contributed by atoms with Gasteiger partial charge in [0, 0.05) is 0 Å². The summed E-state index contributed by atoms with van der Waals surface area (Å²) >= 11 is 0. The minimum absolute atomic E-state index is 0.959. The maximum atomic E-state index is 11.6. The van der Waals surface area contributed by atoms with Crippen LogP contribution in [0, 0.1) is 10.8 Å². The summed E-state index contributed by atoms with van der Waals surface area (Å²) in [6, 6.07) is 0. The molecule has 0 radical (unpaired) electrons. The molecule has 0 aromatic rings. The minimum atomic E-state index is -2.73. The summed E-state index contributed by atoms with van der Waals surface area (Å²) in [5.41, 5.74) is -5.46. The number of hydrogen-bond acceptors (Lipinski definition) is 7. The van der Waals surface area contributed by atoms with Crippen LogP contribution in [0.2, 0.25) is 0 Å². The fraction of sp³-hybridized carbons (Fsp3) is 0.846. The van der Waals surface area contributed by atoms with Gasteiger partial charge in [-0.3, -0.25) is 9.59 Å². The van der Waals surface area contributed by atoms with Crippen LogP contribution in [0.25, 0.3) is 0 Å². The summed E-state index contributed by atoms with van der Waals surface area (Å²) in [4.78, 5) is 23.2. The van der Waals surface area contributed by atoms with E-state index in [1.54, 1.807) is 0 Å². The predicted octanol–water partition coefficient (Wildman–Crippen LogP) is -1.99. The first-order valence-electron chi connectivity index (χ1n) is 6.69. The predicted molar refractivity (Wildman–Crippen MR) is 72.9 cm³/mol. The maximum Gasteiger partial charge on any atom is 0.317 e. The Labute approximate surface area is 127 Å². The van der Waals surface area contributed by atoms with Gasteiger partial charge in [-0.15, -0.1) is 0 Å². The van der Waals surface area contributed by atoms with E-state index in [9.17, 15) is 45.3 Å². The molecule has 0 fully saturated rings. The van der Waals surface area contributed by atoms with Crippen LogP contribution >= 0.6 is 0 Å². The molecule has 22 heavy (non-hydrogen) atoms. The number of rotatable bonds is 8. The second-order valence-corrected chi connectivity index (χ2v) is 5.58. The van der Waals surface area contributed by atoms with E-state index >= 15 is 0 Å². The van der Waals surface area contributed by atoms with E-state index in [2.05, 4.69) is 0 Å². The van der Waals surface area contributed by atoms with Crippen molar-refractivity contribution in [3.05, 3.63) is 0 Å². The van der Waals surface area contributed by atoms with Crippen molar-refractivity contribution in [1.82, 2.24) is 0 Å². The highest BCUT2D eigenvalue weighted by Crippen LogP contribution is 2.45. The van der Waals surface area contributed by atoms with Gasteiger partial charge in [0.1, 0.15) is 10.8 Å². The lowest BCUT2D eigenvalue weighted by Crippen LogP contribution is -2.69. The summed E-state index contributed by atoms with van der Waals surface area (Å²) < 4.78 is 0. The van der Waals surface area contributed by atoms with Gasteiger partial charge >= 0.3 is 11.9 Å². The van der Waals surface area contributed by atoms with Crippen LogP contribution in [-0.2, 0) is 9.59 Å². The Bertz CT molecular complexity index is 360. The number of aliphatic hydroxyl groups is 5. The van der Waals surface area contributed by atoms with Gasteiger partial charge in [0.15, 0.2) is 0 Å². The molecule has 130 valence electrons. The number of carboxylic acids is 2. The number of carboxylic acid groups (broad SMARTS) is 2. The first kappa shape index (κ1) is 20.7. The Kier molecular flexibility index (Phi) is 6.49. The van der Waals surface area contributed by atoms with E-state index in [4.69, 9.17) is 0 Å². The molecular formula is C13H24O9. The molecule has 9 nitrogen and oxygen atoms in total. The van der Waals surface area contributed by atoms with Gasteiger partial charge in [0.05, 0.1) is 30.5 Å². The number of aliphatic hydroxyl groups excluding tert-OH is 5. The Morgan fingerprint density at radius 1 is 0.636 bits per heavy atom. The van der Waals surface area contributed by atoms with Crippen molar-refractivity contribution >= 4 is 11.9 Å². The van der Waals surface area contributed by atoms with Crippen LogP contribution in [0.3, 0.4) is 0 Å². The van der Waals surface area contributed by atoms with Crippen molar-refractivity contribution in [2.75, 3.05) is 0 Å². The molecule has 0 saturated heterocycles. The molecule has 6 atom stereocenters. The van der Waals surface area contributed by atoms with Gasteiger partial charge in [0.25, 0.3) is 0 Å². The molecule has 0 aliphatic rings. The van der Waals surface area contributed by atoms with Gasteiger partial charge in [-0.25, -0.2) is 0 Å². The Morgan fingerprint density at radius 2 is 0.818 bits per heavy atom. The van der Waals surface area contributed by atoms with E-state index < -0.39 is 53.3 Å². The molecule has 7 N–H and O–H groups in total. The first-order valence-corrected chi connectivity index (χ1v) is 6.69. The van der Waals surface area contributed by atoms with Crippen molar-refractivity contribution in [3.8, 4) is 0 Å². The van der Waals surface area contributed by atoms with Crippen LogP contribution in [0.4, 0.5) is 0 Å². The lowest BCUT2D eigenvalue weighted by molar-refractivity contribution is -0.230. The van der Waals surface area contributed by atoms with Crippen molar-refractivity contribution in [3.63, 3.8) is 0 Å².